The van der Waals surface area contributed by atoms with E-state index in [1.54, 1.807) is 0 Å². The first-order valence-electron chi connectivity index (χ1n) is 6.01. The van der Waals surface area contributed by atoms with Crippen molar-refractivity contribution in [3.63, 3.8) is 0 Å². The predicted molar refractivity (Wildman–Crippen MR) is 79.9 cm³/mol. The molecule has 20 heavy (non-hydrogen) atoms. The van der Waals surface area contributed by atoms with Crippen LogP contribution in [0.1, 0.15) is 27.2 Å². The molecule has 0 atom stereocenters. The molecule has 1 aromatic carbocycles. The van der Waals surface area contributed by atoms with Crippen LogP contribution < -0.4 is 4.74 Å². The largest absolute Gasteiger partial charge is 0.421 e. The maximum Gasteiger partial charge on any atom is 0.363 e. The Hall–Kier alpha value is -1.58. The van der Waals surface area contributed by atoms with E-state index in [4.69, 9.17) is 27.9 Å². The Morgan fingerprint density at radius 1 is 1.05 bits per heavy atom. The van der Waals surface area contributed by atoms with E-state index in [1.165, 1.54) is 12.1 Å². The van der Waals surface area contributed by atoms with Crippen molar-refractivity contribution in [1.29, 1.82) is 0 Å². The predicted octanol–water partition coefficient (Wildman–Crippen LogP) is 4.53. The molecule has 0 unspecified atom stereocenters. The first kappa shape index (κ1) is 14.8. The van der Waals surface area contributed by atoms with Gasteiger partial charge in [-0.25, -0.2) is 9.78 Å². The number of benzene rings is 1. The Kier molecular flexibility index (Phi) is 4.31. The van der Waals surface area contributed by atoms with Crippen molar-refractivity contribution in [3.8, 4) is 5.75 Å². The van der Waals surface area contributed by atoms with Crippen molar-refractivity contribution in [2.45, 2.75) is 20.8 Å². The van der Waals surface area contributed by atoms with Gasteiger partial charge in [0.25, 0.3) is 0 Å². The summed E-state index contributed by atoms with van der Waals surface area (Å²) in [5.41, 5.74) is 2.85. The number of hydrogen-bond acceptors (Lipinski definition) is 3. The molecule has 0 bridgehead atoms. The molecule has 0 amide bonds. The summed E-state index contributed by atoms with van der Waals surface area (Å²) in [6.45, 7) is 5.73. The summed E-state index contributed by atoms with van der Waals surface area (Å²) in [5.74, 6) is -0.0813. The molecular formula is C15H13Cl2NO2. The molecule has 0 aliphatic rings. The summed E-state index contributed by atoms with van der Waals surface area (Å²) in [5, 5.41) is 0.404. The molecule has 0 aliphatic carbocycles. The van der Waals surface area contributed by atoms with Crippen LogP contribution in [0.2, 0.25) is 10.2 Å². The van der Waals surface area contributed by atoms with Gasteiger partial charge in [-0.15, -0.1) is 0 Å². The fourth-order valence-electron chi connectivity index (χ4n) is 1.79. The van der Waals surface area contributed by atoms with Crippen LogP contribution in [0.25, 0.3) is 0 Å². The molecule has 0 radical (unpaired) electrons. The molecule has 2 aromatic rings. The molecule has 104 valence electrons. The summed E-state index contributed by atoms with van der Waals surface area (Å²) in [7, 11) is 0. The molecule has 0 fully saturated rings. The molecule has 3 nitrogen and oxygen atoms in total. The van der Waals surface area contributed by atoms with E-state index in [-0.39, 0.29) is 15.9 Å². The normalized spacial score (nSPS) is 10.4. The molecule has 0 spiro atoms. The Morgan fingerprint density at radius 2 is 1.70 bits per heavy atom. The monoisotopic (exact) mass is 309 g/mol. The molecule has 0 saturated carbocycles. The highest BCUT2D eigenvalue weighted by Crippen LogP contribution is 2.27. The highest BCUT2D eigenvalue weighted by molar-refractivity contribution is 6.34. The van der Waals surface area contributed by atoms with Gasteiger partial charge in [-0.3, -0.25) is 0 Å². The molecule has 2 rings (SSSR count). The van der Waals surface area contributed by atoms with Gasteiger partial charge in [-0.1, -0.05) is 35.3 Å². The number of esters is 1. The first-order valence-corrected chi connectivity index (χ1v) is 6.76. The van der Waals surface area contributed by atoms with Gasteiger partial charge < -0.3 is 4.74 Å². The van der Waals surface area contributed by atoms with Crippen molar-refractivity contribution in [2.75, 3.05) is 0 Å². The Bertz CT molecular complexity index is 684. The van der Waals surface area contributed by atoms with Crippen LogP contribution in [0.15, 0.2) is 24.3 Å². The number of aromatic nitrogens is 1. The minimum absolute atomic E-state index is 0.0134. The number of carbonyl (C=O) groups excluding carboxylic acids is 1. The van der Waals surface area contributed by atoms with Gasteiger partial charge in [0.1, 0.15) is 10.9 Å². The van der Waals surface area contributed by atoms with Crippen LogP contribution in [0.3, 0.4) is 0 Å². The number of nitrogens with zero attached hydrogens (tertiary/aromatic N) is 1. The van der Waals surface area contributed by atoms with E-state index >= 15 is 0 Å². The van der Waals surface area contributed by atoms with E-state index in [0.717, 1.165) is 16.7 Å². The number of halogens is 2. The summed E-state index contributed by atoms with van der Waals surface area (Å²) in [4.78, 5) is 16.1. The zero-order valence-electron chi connectivity index (χ0n) is 11.3. The molecule has 0 saturated heterocycles. The van der Waals surface area contributed by atoms with Gasteiger partial charge in [-0.2, -0.15) is 0 Å². The van der Waals surface area contributed by atoms with Crippen LogP contribution in [-0.4, -0.2) is 11.0 Å². The Morgan fingerprint density at radius 3 is 2.40 bits per heavy atom. The number of hydrogen-bond donors (Lipinski definition) is 0. The fourth-order valence-corrected chi connectivity index (χ4v) is 2.11. The Labute approximate surface area is 127 Å². The number of pyridine rings is 1. The zero-order valence-corrected chi connectivity index (χ0v) is 12.8. The first-order chi connectivity index (χ1) is 9.40. The Balaban J connectivity index is 2.38. The average molecular weight is 310 g/mol. The van der Waals surface area contributed by atoms with Crippen molar-refractivity contribution in [3.05, 3.63) is 56.8 Å². The highest BCUT2D eigenvalue weighted by atomic mass is 35.5. The second kappa shape index (κ2) is 5.81. The molecule has 0 N–H and O–H groups in total. The molecule has 1 aromatic heterocycles. The van der Waals surface area contributed by atoms with Crippen LogP contribution in [-0.2, 0) is 0 Å². The molecule has 1 heterocycles. The quantitative estimate of drug-likeness (QED) is 0.464. The lowest BCUT2D eigenvalue weighted by Gasteiger charge is -2.12. The maximum atomic E-state index is 12.2. The number of carbonyl (C=O) groups is 1. The van der Waals surface area contributed by atoms with E-state index in [9.17, 15) is 4.79 Å². The third-order valence-corrected chi connectivity index (χ3v) is 3.59. The fraction of sp³-hybridized carbons (Fsp3) is 0.200. The van der Waals surface area contributed by atoms with E-state index in [0.29, 0.717) is 5.75 Å². The third-order valence-electron chi connectivity index (χ3n) is 3.07. The van der Waals surface area contributed by atoms with Gasteiger partial charge in [-0.05, 0) is 49.6 Å². The minimum atomic E-state index is -0.616. The van der Waals surface area contributed by atoms with Crippen molar-refractivity contribution >= 4 is 29.2 Å². The third kappa shape index (κ3) is 2.94. The lowest BCUT2D eigenvalue weighted by molar-refractivity contribution is 0.0726. The minimum Gasteiger partial charge on any atom is -0.421 e. The summed E-state index contributed by atoms with van der Waals surface area (Å²) in [6, 6.07) is 6.91. The lowest BCUT2D eigenvalue weighted by atomic mass is 10.1. The van der Waals surface area contributed by atoms with Crippen molar-refractivity contribution in [2.24, 2.45) is 0 Å². The second-order valence-corrected chi connectivity index (χ2v) is 5.30. The maximum absolute atomic E-state index is 12.2. The number of rotatable bonds is 2. The van der Waals surface area contributed by atoms with Crippen LogP contribution in [0.5, 0.6) is 5.75 Å². The van der Waals surface area contributed by atoms with Crippen molar-refractivity contribution < 1.29 is 9.53 Å². The van der Waals surface area contributed by atoms with Gasteiger partial charge in [0, 0.05) is 0 Å². The van der Waals surface area contributed by atoms with Crippen molar-refractivity contribution in [1.82, 2.24) is 4.98 Å². The average Bonchev–Trinajstić information content (AvgIpc) is 2.41. The van der Waals surface area contributed by atoms with Crippen LogP contribution >= 0.6 is 23.2 Å². The van der Waals surface area contributed by atoms with E-state index in [2.05, 4.69) is 4.98 Å². The summed E-state index contributed by atoms with van der Waals surface area (Å²) in [6.07, 6.45) is 0. The SMILES string of the molecule is Cc1ccc(C)c(OC(=O)c2nc(Cl)ccc2Cl)c1C. The topological polar surface area (TPSA) is 39.2 Å². The number of ether oxygens (including phenoxy) is 1. The van der Waals surface area contributed by atoms with Gasteiger partial charge in [0.05, 0.1) is 5.02 Å². The lowest BCUT2D eigenvalue weighted by Crippen LogP contribution is -2.13. The molecule has 5 heteroatoms. The summed E-state index contributed by atoms with van der Waals surface area (Å²) >= 11 is 11.7. The van der Waals surface area contributed by atoms with Gasteiger partial charge >= 0.3 is 5.97 Å². The second-order valence-electron chi connectivity index (χ2n) is 4.51. The molecule has 0 aliphatic heterocycles. The van der Waals surface area contributed by atoms with Crippen LogP contribution in [0.4, 0.5) is 0 Å². The zero-order chi connectivity index (χ0) is 14.9. The highest BCUT2D eigenvalue weighted by Gasteiger charge is 2.18. The van der Waals surface area contributed by atoms with E-state index < -0.39 is 5.97 Å². The molecular weight excluding hydrogens is 297 g/mol. The van der Waals surface area contributed by atoms with Gasteiger partial charge in [0.2, 0.25) is 0 Å². The standard InChI is InChI=1S/C15H13Cl2NO2/c1-8-4-5-9(2)14(10(8)3)20-15(19)13-11(16)6-7-12(17)18-13/h4-7H,1-3H3. The van der Waals surface area contributed by atoms with E-state index in [1.807, 2.05) is 32.9 Å². The van der Waals surface area contributed by atoms with Gasteiger partial charge in [0.15, 0.2) is 5.69 Å². The summed E-state index contributed by atoms with van der Waals surface area (Å²) < 4.78 is 5.43. The smallest absolute Gasteiger partial charge is 0.363 e. The number of aryl methyl sites for hydroxylation is 2. The van der Waals surface area contributed by atoms with Crippen LogP contribution in [0, 0.1) is 20.8 Å².